The molecule has 0 fully saturated rings. The third-order valence-electron chi connectivity index (χ3n) is 6.79. The molecule has 0 radical (unpaired) electrons. The Bertz CT molecular complexity index is 1520. The molecule has 0 bridgehead atoms. The van der Waals surface area contributed by atoms with Gasteiger partial charge in [0.1, 0.15) is 17.8 Å². The summed E-state index contributed by atoms with van der Waals surface area (Å²) in [4.78, 5) is 23.1. The number of hydrogen-bond acceptors (Lipinski definition) is 6. The van der Waals surface area contributed by atoms with Gasteiger partial charge < -0.3 is 9.47 Å². The van der Waals surface area contributed by atoms with Crippen LogP contribution in [-0.4, -0.2) is 32.5 Å². The Morgan fingerprint density at radius 3 is 2.66 bits per heavy atom. The van der Waals surface area contributed by atoms with Gasteiger partial charge in [-0.3, -0.25) is 4.79 Å². The third-order valence-corrected chi connectivity index (χ3v) is 6.79. The zero-order valence-electron chi connectivity index (χ0n) is 20.2. The molecule has 2 aromatic carbocycles. The van der Waals surface area contributed by atoms with E-state index in [4.69, 9.17) is 19.6 Å². The van der Waals surface area contributed by atoms with Gasteiger partial charge in [-0.15, -0.1) is 5.10 Å². The molecule has 0 N–H and O–H groups in total. The van der Waals surface area contributed by atoms with Crippen LogP contribution in [-0.2, 0) is 4.79 Å². The minimum absolute atomic E-state index is 0.100. The quantitative estimate of drug-likeness (QED) is 0.409. The van der Waals surface area contributed by atoms with Crippen LogP contribution in [0.25, 0.3) is 17.0 Å². The minimum atomic E-state index is -0.353. The maximum absolute atomic E-state index is 13.5. The van der Waals surface area contributed by atoms with Crippen molar-refractivity contribution >= 4 is 11.4 Å². The van der Waals surface area contributed by atoms with Crippen molar-refractivity contribution in [3.63, 3.8) is 0 Å². The zero-order valence-corrected chi connectivity index (χ0v) is 20.2. The lowest BCUT2D eigenvalue weighted by atomic mass is 9.70. The molecule has 0 spiro atoms. The first-order valence-electron chi connectivity index (χ1n) is 11.7. The number of allylic oxidation sites excluding steroid dienone is 2. The third kappa shape index (κ3) is 3.58. The van der Waals surface area contributed by atoms with E-state index >= 15 is 0 Å². The summed E-state index contributed by atoms with van der Waals surface area (Å²) in [5, 5.41) is 4.70. The molecular formula is C28H26N4O3. The highest BCUT2D eigenvalue weighted by Gasteiger charge is 2.44. The lowest BCUT2D eigenvalue weighted by Gasteiger charge is -2.37. The normalized spacial score (nSPS) is 18.7. The molecule has 7 nitrogen and oxygen atoms in total. The van der Waals surface area contributed by atoms with Gasteiger partial charge in [0.05, 0.1) is 12.7 Å². The van der Waals surface area contributed by atoms with Crippen LogP contribution >= 0.6 is 0 Å². The molecule has 0 saturated heterocycles. The summed E-state index contributed by atoms with van der Waals surface area (Å²) in [6, 6.07) is 15.9. The van der Waals surface area contributed by atoms with E-state index < -0.39 is 0 Å². The van der Waals surface area contributed by atoms with Crippen molar-refractivity contribution in [3.8, 4) is 23.0 Å². The number of Topliss-reactive ketones (excluding diaryl/α,β-unsaturated/α-hetero) is 1. The zero-order chi connectivity index (χ0) is 24.3. The fourth-order valence-electron chi connectivity index (χ4n) is 5.18. The number of aromatic nitrogens is 4. The van der Waals surface area contributed by atoms with Crippen LogP contribution in [0.5, 0.6) is 11.6 Å². The first kappa shape index (κ1) is 21.5. The van der Waals surface area contributed by atoms with Gasteiger partial charge in [-0.25, -0.2) is 14.5 Å². The molecule has 35 heavy (non-hydrogen) atoms. The highest BCUT2D eigenvalue weighted by atomic mass is 16.5. The Balaban J connectivity index is 1.59. The number of rotatable bonds is 3. The summed E-state index contributed by atoms with van der Waals surface area (Å²) in [6.45, 7) is 6.24. The lowest BCUT2D eigenvalue weighted by Crippen LogP contribution is -2.33. The van der Waals surface area contributed by atoms with Gasteiger partial charge in [-0.05, 0) is 36.1 Å². The molecule has 176 valence electrons. The largest absolute Gasteiger partial charge is 0.497 e. The Labute approximate surface area is 203 Å². The second-order valence-electron chi connectivity index (χ2n) is 10.1. The van der Waals surface area contributed by atoms with E-state index in [0.29, 0.717) is 41.5 Å². The predicted molar refractivity (Wildman–Crippen MR) is 131 cm³/mol. The van der Waals surface area contributed by atoms with Crippen molar-refractivity contribution in [2.24, 2.45) is 5.41 Å². The topological polar surface area (TPSA) is 78.6 Å². The number of ether oxygens (including phenoxy) is 2. The van der Waals surface area contributed by atoms with Gasteiger partial charge >= 0.3 is 0 Å². The second-order valence-corrected chi connectivity index (χ2v) is 10.1. The van der Waals surface area contributed by atoms with Gasteiger partial charge in [-0.2, -0.15) is 0 Å². The number of nitrogens with zero attached hydrogens (tertiary/aromatic N) is 4. The molecule has 0 amide bonds. The van der Waals surface area contributed by atoms with Crippen molar-refractivity contribution in [2.75, 3.05) is 7.11 Å². The lowest BCUT2D eigenvalue weighted by molar-refractivity contribution is -0.118. The van der Waals surface area contributed by atoms with Crippen molar-refractivity contribution < 1.29 is 14.3 Å². The molecule has 0 saturated carbocycles. The van der Waals surface area contributed by atoms with E-state index in [1.807, 2.05) is 49.4 Å². The predicted octanol–water partition coefficient (Wildman–Crippen LogP) is 5.28. The van der Waals surface area contributed by atoms with Crippen LogP contribution < -0.4 is 9.47 Å². The fourth-order valence-corrected chi connectivity index (χ4v) is 5.18. The summed E-state index contributed by atoms with van der Waals surface area (Å²) < 4.78 is 13.4. The Morgan fingerprint density at radius 1 is 1.11 bits per heavy atom. The second kappa shape index (κ2) is 7.77. The Morgan fingerprint density at radius 2 is 1.91 bits per heavy atom. The highest BCUT2D eigenvalue weighted by Crippen LogP contribution is 2.50. The summed E-state index contributed by atoms with van der Waals surface area (Å²) >= 11 is 0. The highest BCUT2D eigenvalue weighted by molar-refractivity contribution is 6.00. The van der Waals surface area contributed by atoms with E-state index in [2.05, 4.69) is 24.9 Å². The summed E-state index contributed by atoms with van der Waals surface area (Å²) in [6.07, 6.45) is 2.77. The number of aryl methyl sites for hydroxylation is 1. The molecule has 7 heteroatoms. The maximum atomic E-state index is 13.5. The van der Waals surface area contributed by atoms with Gasteiger partial charge in [0.25, 0.3) is 0 Å². The van der Waals surface area contributed by atoms with Crippen LogP contribution in [0.1, 0.15) is 49.3 Å². The van der Waals surface area contributed by atoms with E-state index in [1.54, 1.807) is 18.0 Å². The molecule has 4 aromatic rings. The van der Waals surface area contributed by atoms with Gasteiger partial charge in [0.15, 0.2) is 17.3 Å². The fraction of sp³-hybridized carbons (Fsp3) is 0.286. The van der Waals surface area contributed by atoms with Crippen LogP contribution in [0.15, 0.2) is 66.2 Å². The number of benzene rings is 2. The van der Waals surface area contributed by atoms with Crippen molar-refractivity contribution in [3.05, 3.63) is 82.9 Å². The molecule has 0 unspecified atom stereocenters. The van der Waals surface area contributed by atoms with Crippen LogP contribution in [0.2, 0.25) is 0 Å². The molecule has 1 aliphatic heterocycles. The average Bonchev–Trinajstić information content (AvgIpc) is 3.27. The first-order chi connectivity index (χ1) is 16.8. The van der Waals surface area contributed by atoms with E-state index in [9.17, 15) is 4.79 Å². The van der Waals surface area contributed by atoms with E-state index in [0.717, 1.165) is 28.0 Å². The van der Waals surface area contributed by atoms with Gasteiger partial charge in [0.2, 0.25) is 5.88 Å². The monoisotopic (exact) mass is 466 g/mol. The number of fused-ring (bicyclic) bond motifs is 3. The number of carbonyl (C=O) groups is 1. The standard InChI is InChI=1S/C28H26N4O3/c1-16-6-5-7-18(12-16)25-30-26-24-22(17-8-10-19(34-4)11-9-17)23-20(33)13-28(2,3)14-21(23)35-27(24)29-15-32(26)31-25/h5-12,15,22H,13-14H2,1-4H3/t22-/m0/s1. The number of ketones is 1. The van der Waals surface area contributed by atoms with Crippen molar-refractivity contribution in [1.82, 2.24) is 19.6 Å². The van der Waals surface area contributed by atoms with Gasteiger partial charge in [-0.1, -0.05) is 49.7 Å². The van der Waals surface area contributed by atoms with Crippen LogP contribution in [0.4, 0.5) is 0 Å². The van der Waals surface area contributed by atoms with Crippen molar-refractivity contribution in [2.45, 2.75) is 39.5 Å². The number of hydrogen-bond donors (Lipinski definition) is 0. The van der Waals surface area contributed by atoms with Crippen molar-refractivity contribution in [1.29, 1.82) is 0 Å². The Kier molecular flexibility index (Phi) is 4.78. The Hall–Kier alpha value is -4.00. The van der Waals surface area contributed by atoms with E-state index in [1.165, 1.54) is 0 Å². The molecule has 1 aliphatic carbocycles. The average molecular weight is 467 g/mol. The first-order valence-corrected chi connectivity index (χ1v) is 11.7. The van der Waals surface area contributed by atoms with E-state index in [-0.39, 0.29) is 17.1 Å². The molecule has 6 rings (SSSR count). The molecule has 2 aromatic heterocycles. The minimum Gasteiger partial charge on any atom is -0.497 e. The SMILES string of the molecule is COc1ccc([C@H]2C3=C(CC(C)(C)CC3=O)Oc3ncn4nc(-c5cccc(C)c5)nc4c32)cc1. The number of methoxy groups -OCH3 is 1. The molecular weight excluding hydrogens is 440 g/mol. The van der Waals surface area contributed by atoms with Crippen LogP contribution in [0.3, 0.4) is 0 Å². The molecule has 2 aliphatic rings. The molecule has 3 heterocycles. The number of carbonyl (C=O) groups excluding carboxylic acids is 1. The van der Waals surface area contributed by atoms with Gasteiger partial charge in [0, 0.05) is 29.9 Å². The smallest absolute Gasteiger partial charge is 0.228 e. The molecule has 1 atom stereocenters. The maximum Gasteiger partial charge on any atom is 0.228 e. The summed E-state index contributed by atoms with van der Waals surface area (Å²) in [5.41, 5.74) is 4.94. The summed E-state index contributed by atoms with van der Waals surface area (Å²) in [7, 11) is 1.64. The summed E-state index contributed by atoms with van der Waals surface area (Å²) in [5.74, 6) is 2.29. The van der Waals surface area contributed by atoms with Crippen LogP contribution in [0, 0.1) is 12.3 Å².